The van der Waals surface area contributed by atoms with E-state index in [4.69, 9.17) is 0 Å². The van der Waals surface area contributed by atoms with Gasteiger partial charge < -0.3 is 10.4 Å². The number of benzene rings is 1. The molecule has 1 heterocycles. The van der Waals surface area contributed by atoms with Crippen molar-refractivity contribution in [3.05, 3.63) is 35.1 Å². The highest BCUT2D eigenvalue weighted by Gasteiger charge is 2.28. The standard InChI is InChI=1S/C12H14F3NO/c13-10-4-12(15)11(14)3-9(10)8-1-2-16-5-7(8)6-17/h3-4,7-8,16-17H,1-2,5-6H2/t7-,8?/m0/s1. The van der Waals surface area contributed by atoms with Crippen LogP contribution in [0.25, 0.3) is 0 Å². The van der Waals surface area contributed by atoms with Gasteiger partial charge in [-0.2, -0.15) is 0 Å². The second kappa shape index (κ2) is 5.06. The van der Waals surface area contributed by atoms with Crippen LogP contribution in [0.15, 0.2) is 12.1 Å². The lowest BCUT2D eigenvalue weighted by molar-refractivity contribution is 0.177. The van der Waals surface area contributed by atoms with Gasteiger partial charge in [0.05, 0.1) is 0 Å². The van der Waals surface area contributed by atoms with E-state index in [9.17, 15) is 18.3 Å². The highest BCUT2D eigenvalue weighted by molar-refractivity contribution is 5.25. The van der Waals surface area contributed by atoms with E-state index in [-0.39, 0.29) is 24.0 Å². The van der Waals surface area contributed by atoms with Crippen LogP contribution in [0.3, 0.4) is 0 Å². The Balaban J connectivity index is 2.34. The first kappa shape index (κ1) is 12.4. The fourth-order valence-electron chi connectivity index (χ4n) is 2.35. The molecule has 1 fully saturated rings. The summed E-state index contributed by atoms with van der Waals surface area (Å²) in [6.45, 7) is 1.13. The molecule has 1 aromatic rings. The number of aliphatic hydroxyl groups excluding tert-OH is 1. The first-order chi connectivity index (χ1) is 8.13. The Morgan fingerprint density at radius 1 is 1.18 bits per heavy atom. The van der Waals surface area contributed by atoms with Gasteiger partial charge in [0, 0.05) is 25.1 Å². The average molecular weight is 245 g/mol. The van der Waals surface area contributed by atoms with Crippen molar-refractivity contribution in [3.63, 3.8) is 0 Å². The van der Waals surface area contributed by atoms with Crippen molar-refractivity contribution in [1.29, 1.82) is 0 Å². The Bertz CT molecular complexity index is 411. The van der Waals surface area contributed by atoms with Gasteiger partial charge in [-0.05, 0) is 30.5 Å². The number of hydrogen-bond acceptors (Lipinski definition) is 2. The van der Waals surface area contributed by atoms with Crippen LogP contribution >= 0.6 is 0 Å². The van der Waals surface area contributed by atoms with E-state index < -0.39 is 17.5 Å². The molecular formula is C12H14F3NO. The molecule has 2 N–H and O–H groups in total. The van der Waals surface area contributed by atoms with E-state index in [1.807, 2.05) is 0 Å². The fraction of sp³-hybridized carbons (Fsp3) is 0.500. The smallest absolute Gasteiger partial charge is 0.161 e. The summed E-state index contributed by atoms with van der Waals surface area (Å²) in [6, 6.07) is 1.48. The lowest BCUT2D eigenvalue weighted by atomic mass is 9.81. The summed E-state index contributed by atoms with van der Waals surface area (Å²) in [5, 5.41) is 12.3. The monoisotopic (exact) mass is 245 g/mol. The lowest BCUT2D eigenvalue weighted by Gasteiger charge is -2.31. The Morgan fingerprint density at radius 3 is 2.59 bits per heavy atom. The molecule has 2 nitrogen and oxygen atoms in total. The van der Waals surface area contributed by atoms with Gasteiger partial charge in [-0.3, -0.25) is 0 Å². The maximum absolute atomic E-state index is 13.6. The van der Waals surface area contributed by atoms with Crippen LogP contribution in [-0.2, 0) is 0 Å². The Hall–Kier alpha value is -1.07. The molecule has 94 valence electrons. The highest BCUT2D eigenvalue weighted by atomic mass is 19.2. The second-order valence-corrected chi connectivity index (χ2v) is 4.33. The highest BCUT2D eigenvalue weighted by Crippen LogP contribution is 2.32. The molecule has 0 amide bonds. The van der Waals surface area contributed by atoms with Crippen molar-refractivity contribution in [3.8, 4) is 0 Å². The largest absolute Gasteiger partial charge is 0.396 e. The van der Waals surface area contributed by atoms with Crippen LogP contribution in [0.4, 0.5) is 13.2 Å². The van der Waals surface area contributed by atoms with Crippen molar-refractivity contribution in [2.45, 2.75) is 12.3 Å². The third kappa shape index (κ3) is 2.45. The van der Waals surface area contributed by atoms with Crippen LogP contribution in [0.1, 0.15) is 17.9 Å². The number of nitrogens with one attached hydrogen (secondary N) is 1. The quantitative estimate of drug-likeness (QED) is 0.779. The molecule has 0 radical (unpaired) electrons. The van der Waals surface area contributed by atoms with Crippen LogP contribution in [0.5, 0.6) is 0 Å². The Kier molecular flexibility index (Phi) is 3.69. The van der Waals surface area contributed by atoms with Crippen molar-refractivity contribution >= 4 is 0 Å². The molecule has 1 aliphatic heterocycles. The molecule has 1 aliphatic rings. The Morgan fingerprint density at radius 2 is 1.88 bits per heavy atom. The zero-order chi connectivity index (χ0) is 12.4. The summed E-state index contributed by atoms with van der Waals surface area (Å²) in [7, 11) is 0. The van der Waals surface area contributed by atoms with E-state index in [0.29, 0.717) is 25.6 Å². The molecule has 0 aliphatic carbocycles. The van der Waals surface area contributed by atoms with Gasteiger partial charge in [0.25, 0.3) is 0 Å². The molecule has 0 saturated carbocycles. The predicted octanol–water partition coefficient (Wildman–Crippen LogP) is 1.79. The van der Waals surface area contributed by atoms with Crippen molar-refractivity contribution in [2.75, 3.05) is 19.7 Å². The van der Waals surface area contributed by atoms with Gasteiger partial charge in [-0.1, -0.05) is 0 Å². The number of aliphatic hydroxyl groups is 1. The molecule has 0 bridgehead atoms. The van der Waals surface area contributed by atoms with E-state index in [1.54, 1.807) is 0 Å². The van der Waals surface area contributed by atoms with Gasteiger partial charge in [0.2, 0.25) is 0 Å². The van der Waals surface area contributed by atoms with Crippen LogP contribution in [0.2, 0.25) is 0 Å². The van der Waals surface area contributed by atoms with Gasteiger partial charge in [0.15, 0.2) is 11.6 Å². The van der Waals surface area contributed by atoms with E-state index >= 15 is 0 Å². The Labute approximate surface area is 97.5 Å². The zero-order valence-electron chi connectivity index (χ0n) is 9.22. The van der Waals surface area contributed by atoms with E-state index in [1.165, 1.54) is 0 Å². The number of halogens is 3. The molecule has 0 aromatic heterocycles. The average Bonchev–Trinajstić information content (AvgIpc) is 2.34. The lowest BCUT2D eigenvalue weighted by Crippen LogP contribution is -2.37. The van der Waals surface area contributed by atoms with Crippen molar-refractivity contribution < 1.29 is 18.3 Å². The zero-order valence-corrected chi connectivity index (χ0v) is 9.22. The molecular weight excluding hydrogens is 231 g/mol. The second-order valence-electron chi connectivity index (χ2n) is 4.33. The molecule has 5 heteroatoms. The summed E-state index contributed by atoms with van der Waals surface area (Å²) in [6.07, 6.45) is 0.604. The summed E-state index contributed by atoms with van der Waals surface area (Å²) in [5.41, 5.74) is 0.157. The first-order valence-electron chi connectivity index (χ1n) is 5.59. The maximum Gasteiger partial charge on any atom is 0.161 e. The van der Waals surface area contributed by atoms with Gasteiger partial charge in [-0.25, -0.2) is 13.2 Å². The van der Waals surface area contributed by atoms with Gasteiger partial charge in [0.1, 0.15) is 5.82 Å². The number of piperidine rings is 1. The fourth-order valence-corrected chi connectivity index (χ4v) is 2.35. The summed E-state index contributed by atoms with van der Waals surface area (Å²) in [4.78, 5) is 0. The maximum atomic E-state index is 13.6. The molecule has 17 heavy (non-hydrogen) atoms. The predicted molar refractivity (Wildman–Crippen MR) is 57.1 cm³/mol. The first-order valence-corrected chi connectivity index (χ1v) is 5.59. The SMILES string of the molecule is OC[C@@H]1CNCCC1c1cc(F)c(F)cc1F. The summed E-state index contributed by atoms with van der Waals surface area (Å²) in [5.74, 6) is -3.40. The molecule has 2 rings (SSSR count). The number of rotatable bonds is 2. The van der Waals surface area contributed by atoms with Crippen LogP contribution in [0, 0.1) is 23.4 Å². The normalized spacial score (nSPS) is 24.9. The molecule has 0 spiro atoms. The van der Waals surface area contributed by atoms with Crippen LogP contribution < -0.4 is 5.32 Å². The topological polar surface area (TPSA) is 32.3 Å². The summed E-state index contributed by atoms with van der Waals surface area (Å²) < 4.78 is 39.6. The summed E-state index contributed by atoms with van der Waals surface area (Å²) >= 11 is 0. The van der Waals surface area contributed by atoms with E-state index in [0.717, 1.165) is 6.07 Å². The van der Waals surface area contributed by atoms with Crippen molar-refractivity contribution in [1.82, 2.24) is 5.32 Å². The third-order valence-corrected chi connectivity index (χ3v) is 3.28. The third-order valence-electron chi connectivity index (χ3n) is 3.28. The molecule has 1 aromatic carbocycles. The van der Waals surface area contributed by atoms with Crippen molar-refractivity contribution in [2.24, 2.45) is 5.92 Å². The molecule has 2 atom stereocenters. The van der Waals surface area contributed by atoms with Gasteiger partial charge >= 0.3 is 0 Å². The molecule has 1 unspecified atom stereocenters. The van der Waals surface area contributed by atoms with Crippen LogP contribution in [-0.4, -0.2) is 24.8 Å². The minimum atomic E-state index is -1.18. The van der Waals surface area contributed by atoms with E-state index in [2.05, 4.69) is 5.32 Å². The molecule has 1 saturated heterocycles. The van der Waals surface area contributed by atoms with Gasteiger partial charge in [-0.15, -0.1) is 0 Å². The minimum Gasteiger partial charge on any atom is -0.396 e. The number of hydrogen-bond donors (Lipinski definition) is 2. The minimum absolute atomic E-state index is 0.101.